The largest absolute Gasteiger partial charge is 0.377 e. The van der Waals surface area contributed by atoms with E-state index in [0.717, 1.165) is 6.07 Å². The van der Waals surface area contributed by atoms with Gasteiger partial charge < -0.3 is 4.74 Å². The van der Waals surface area contributed by atoms with Gasteiger partial charge in [0.25, 0.3) is 0 Å². The molecular formula is C11H15BrF2N2O. The molecule has 1 aromatic rings. The quantitative estimate of drug-likeness (QED) is 0.499. The Morgan fingerprint density at radius 3 is 2.59 bits per heavy atom. The van der Waals surface area contributed by atoms with E-state index in [9.17, 15) is 8.78 Å². The summed E-state index contributed by atoms with van der Waals surface area (Å²) in [5.41, 5.74) is 3.04. The van der Waals surface area contributed by atoms with Crippen molar-refractivity contribution in [1.82, 2.24) is 5.43 Å². The second-order valence-corrected chi connectivity index (χ2v) is 4.66. The van der Waals surface area contributed by atoms with Gasteiger partial charge in [-0.3, -0.25) is 11.3 Å². The summed E-state index contributed by atoms with van der Waals surface area (Å²) in [7, 11) is 0. The zero-order valence-electron chi connectivity index (χ0n) is 9.64. The third kappa shape index (κ3) is 3.70. The number of ether oxygens (including phenoxy) is 1. The lowest BCUT2D eigenvalue weighted by atomic mass is 10.1. The number of benzene rings is 1. The van der Waals surface area contributed by atoms with Crippen LogP contribution in [0, 0.1) is 11.6 Å². The molecule has 0 heterocycles. The van der Waals surface area contributed by atoms with Gasteiger partial charge in [0.1, 0.15) is 0 Å². The number of hydrazine groups is 1. The first-order chi connectivity index (χ1) is 7.97. The summed E-state index contributed by atoms with van der Waals surface area (Å²) < 4.78 is 31.8. The molecule has 0 radical (unpaired) electrons. The van der Waals surface area contributed by atoms with E-state index in [2.05, 4.69) is 21.4 Å². The van der Waals surface area contributed by atoms with Crippen molar-refractivity contribution in [2.75, 3.05) is 6.61 Å². The van der Waals surface area contributed by atoms with Crippen LogP contribution in [0.5, 0.6) is 0 Å². The van der Waals surface area contributed by atoms with Crippen molar-refractivity contribution in [1.29, 1.82) is 0 Å². The Morgan fingerprint density at radius 1 is 1.41 bits per heavy atom. The highest BCUT2D eigenvalue weighted by Gasteiger charge is 2.18. The van der Waals surface area contributed by atoms with Crippen molar-refractivity contribution in [3.05, 3.63) is 33.8 Å². The van der Waals surface area contributed by atoms with E-state index in [1.54, 1.807) is 0 Å². The van der Waals surface area contributed by atoms with Gasteiger partial charge in [-0.05, 0) is 41.4 Å². The second-order valence-electron chi connectivity index (χ2n) is 3.87. The molecule has 3 N–H and O–H groups in total. The molecule has 6 heteroatoms. The topological polar surface area (TPSA) is 47.3 Å². The molecule has 1 atom stereocenters. The second kappa shape index (κ2) is 6.39. The molecular weight excluding hydrogens is 294 g/mol. The van der Waals surface area contributed by atoms with Crippen LogP contribution in [0.1, 0.15) is 25.5 Å². The molecule has 1 aromatic carbocycles. The molecule has 0 saturated heterocycles. The lowest BCUT2D eigenvalue weighted by molar-refractivity contribution is 0.0609. The Bertz CT molecular complexity index is 388. The minimum Gasteiger partial charge on any atom is -0.377 e. The Morgan fingerprint density at radius 2 is 2.06 bits per heavy atom. The van der Waals surface area contributed by atoms with Crippen LogP contribution >= 0.6 is 15.9 Å². The molecule has 0 aromatic heterocycles. The average molecular weight is 309 g/mol. The van der Waals surface area contributed by atoms with Crippen LogP contribution < -0.4 is 11.3 Å². The summed E-state index contributed by atoms with van der Waals surface area (Å²) in [5, 5.41) is 0. The number of hydrogen-bond donors (Lipinski definition) is 2. The van der Waals surface area contributed by atoms with Crippen LogP contribution in [0.15, 0.2) is 16.6 Å². The first-order valence-electron chi connectivity index (χ1n) is 5.18. The van der Waals surface area contributed by atoms with Crippen molar-refractivity contribution in [3.8, 4) is 0 Å². The maximum Gasteiger partial charge on any atom is 0.173 e. The van der Waals surface area contributed by atoms with Gasteiger partial charge >= 0.3 is 0 Å². The predicted molar refractivity (Wildman–Crippen MR) is 65.2 cm³/mol. The fourth-order valence-corrected chi connectivity index (χ4v) is 1.92. The molecule has 0 spiro atoms. The van der Waals surface area contributed by atoms with Crippen molar-refractivity contribution < 1.29 is 13.5 Å². The smallest absolute Gasteiger partial charge is 0.173 e. The van der Waals surface area contributed by atoms with Crippen LogP contribution in [-0.4, -0.2) is 12.7 Å². The summed E-state index contributed by atoms with van der Waals surface area (Å²) in [6.07, 6.45) is 0.0370. The zero-order valence-corrected chi connectivity index (χ0v) is 11.2. The van der Waals surface area contributed by atoms with Gasteiger partial charge in [0.15, 0.2) is 11.6 Å². The molecule has 0 fully saturated rings. The molecule has 0 amide bonds. The fourth-order valence-electron chi connectivity index (χ4n) is 1.33. The number of rotatable bonds is 5. The number of halogens is 3. The maximum atomic E-state index is 13.4. The van der Waals surface area contributed by atoms with E-state index in [1.165, 1.54) is 6.07 Å². The molecule has 1 rings (SSSR count). The molecule has 0 aliphatic rings. The van der Waals surface area contributed by atoms with E-state index in [1.807, 2.05) is 13.8 Å². The Balaban J connectivity index is 2.92. The Kier molecular flexibility index (Phi) is 5.45. The molecule has 96 valence electrons. The van der Waals surface area contributed by atoms with Crippen LogP contribution in [-0.2, 0) is 4.74 Å². The molecule has 0 aliphatic carbocycles. The standard InChI is InChI=1S/C11H15BrF2N2O/c1-6(2)17-5-9(16-15)7-3-4-8(13)11(14)10(7)12/h3-4,6,9,16H,5,15H2,1-2H3. The zero-order chi connectivity index (χ0) is 13.0. The van der Waals surface area contributed by atoms with Gasteiger partial charge in [-0.15, -0.1) is 0 Å². The third-order valence-electron chi connectivity index (χ3n) is 2.24. The molecule has 0 bridgehead atoms. The summed E-state index contributed by atoms with van der Waals surface area (Å²) in [6, 6.07) is 2.13. The first kappa shape index (κ1) is 14.5. The van der Waals surface area contributed by atoms with Gasteiger partial charge in [-0.1, -0.05) is 6.07 Å². The van der Waals surface area contributed by atoms with Crippen LogP contribution in [0.4, 0.5) is 8.78 Å². The first-order valence-corrected chi connectivity index (χ1v) is 5.97. The average Bonchev–Trinajstić information content (AvgIpc) is 2.29. The lowest BCUT2D eigenvalue weighted by Crippen LogP contribution is -2.32. The summed E-state index contributed by atoms with van der Waals surface area (Å²) in [4.78, 5) is 0. The number of hydrogen-bond acceptors (Lipinski definition) is 3. The number of nitrogens with one attached hydrogen (secondary N) is 1. The highest BCUT2D eigenvalue weighted by molar-refractivity contribution is 9.10. The molecule has 1 unspecified atom stereocenters. The van der Waals surface area contributed by atoms with Gasteiger partial charge in [0.2, 0.25) is 0 Å². The van der Waals surface area contributed by atoms with E-state index in [0.29, 0.717) is 5.56 Å². The van der Waals surface area contributed by atoms with Gasteiger partial charge in [0, 0.05) is 0 Å². The van der Waals surface area contributed by atoms with Crippen molar-refractivity contribution in [2.45, 2.75) is 26.0 Å². The van der Waals surface area contributed by atoms with Crippen LogP contribution in [0.3, 0.4) is 0 Å². The van der Waals surface area contributed by atoms with Gasteiger partial charge in [0.05, 0.1) is 23.2 Å². The molecule has 0 aliphatic heterocycles. The fraction of sp³-hybridized carbons (Fsp3) is 0.455. The Hall–Kier alpha value is -0.560. The summed E-state index contributed by atoms with van der Waals surface area (Å²) in [5.74, 6) is 3.56. The van der Waals surface area contributed by atoms with Crippen molar-refractivity contribution >= 4 is 15.9 Å². The van der Waals surface area contributed by atoms with E-state index >= 15 is 0 Å². The van der Waals surface area contributed by atoms with Crippen LogP contribution in [0.2, 0.25) is 0 Å². The maximum absolute atomic E-state index is 13.4. The highest BCUT2D eigenvalue weighted by atomic mass is 79.9. The summed E-state index contributed by atoms with van der Waals surface area (Å²) in [6.45, 7) is 4.04. The molecule has 3 nitrogen and oxygen atoms in total. The molecule has 17 heavy (non-hydrogen) atoms. The minimum atomic E-state index is -0.924. The number of nitrogens with two attached hydrogens (primary N) is 1. The highest BCUT2D eigenvalue weighted by Crippen LogP contribution is 2.27. The monoisotopic (exact) mass is 308 g/mol. The van der Waals surface area contributed by atoms with Crippen molar-refractivity contribution in [3.63, 3.8) is 0 Å². The van der Waals surface area contributed by atoms with E-state index in [-0.39, 0.29) is 17.2 Å². The lowest BCUT2D eigenvalue weighted by Gasteiger charge is -2.19. The SMILES string of the molecule is CC(C)OCC(NN)c1ccc(F)c(F)c1Br. The third-order valence-corrected chi connectivity index (χ3v) is 3.04. The minimum absolute atomic E-state index is 0.0370. The van der Waals surface area contributed by atoms with Gasteiger partial charge in [-0.2, -0.15) is 0 Å². The normalized spacial score (nSPS) is 13.1. The van der Waals surface area contributed by atoms with Gasteiger partial charge in [-0.25, -0.2) is 8.78 Å². The summed E-state index contributed by atoms with van der Waals surface area (Å²) >= 11 is 3.01. The Labute approximate surface area is 107 Å². The predicted octanol–water partition coefficient (Wildman–Crippen LogP) is 2.66. The molecule has 0 saturated carbocycles. The van der Waals surface area contributed by atoms with Crippen molar-refractivity contribution in [2.24, 2.45) is 5.84 Å². The van der Waals surface area contributed by atoms with E-state index < -0.39 is 17.7 Å². The van der Waals surface area contributed by atoms with E-state index in [4.69, 9.17) is 10.6 Å². The van der Waals surface area contributed by atoms with Crippen LogP contribution in [0.25, 0.3) is 0 Å².